The number of Topliss-reactive ketones (excluding diaryl/α,β-unsaturated/α-hetero) is 1. The minimum Gasteiger partial charge on any atom is -0.481 e. The van der Waals surface area contributed by atoms with Gasteiger partial charge in [-0.25, -0.2) is 14.8 Å². The number of carbonyl (C=O) groups is 8. The van der Waals surface area contributed by atoms with Crippen molar-refractivity contribution in [2.45, 2.75) is 90.0 Å². The monoisotopic (exact) mass is 722 g/mol. The van der Waals surface area contributed by atoms with Crippen molar-refractivity contribution in [3.63, 3.8) is 0 Å². The summed E-state index contributed by atoms with van der Waals surface area (Å²) < 4.78 is 2.88. The first-order valence-electron chi connectivity index (χ1n) is 15.9. The molecule has 2 aromatic rings. The number of carboxylic acid groups (broad SMARTS) is 6. The highest BCUT2D eigenvalue weighted by atomic mass is 16.4. The fourth-order valence-corrected chi connectivity index (χ4v) is 5.25. The lowest BCUT2D eigenvalue weighted by Crippen LogP contribution is -2.41. The number of hydrogen-bond acceptors (Lipinski definition) is 11. The van der Waals surface area contributed by atoms with E-state index in [0.29, 0.717) is 31.0 Å². The van der Waals surface area contributed by atoms with E-state index in [0.717, 1.165) is 0 Å². The average Bonchev–Trinajstić information content (AvgIpc) is 3.65. The van der Waals surface area contributed by atoms with Crippen molar-refractivity contribution < 1.29 is 69.0 Å². The van der Waals surface area contributed by atoms with E-state index in [-0.39, 0.29) is 45.4 Å². The predicted molar refractivity (Wildman–Crippen MR) is 170 cm³/mol. The maximum absolute atomic E-state index is 12.6. The van der Waals surface area contributed by atoms with Crippen molar-refractivity contribution in [1.29, 1.82) is 0 Å². The number of ketones is 1. The van der Waals surface area contributed by atoms with Gasteiger partial charge in [0.2, 0.25) is 5.91 Å². The number of rotatable bonds is 27. The second-order valence-electron chi connectivity index (χ2n) is 11.9. The van der Waals surface area contributed by atoms with Crippen molar-refractivity contribution in [2.75, 3.05) is 6.54 Å². The highest BCUT2D eigenvalue weighted by Gasteiger charge is 2.28. The van der Waals surface area contributed by atoms with E-state index in [1.807, 2.05) is 4.90 Å². The van der Waals surface area contributed by atoms with Gasteiger partial charge in [-0.3, -0.25) is 38.5 Å². The normalized spacial score (nSPS) is 12.9. The van der Waals surface area contributed by atoms with E-state index >= 15 is 0 Å². The van der Waals surface area contributed by atoms with Crippen molar-refractivity contribution in [2.24, 2.45) is 11.8 Å². The first-order chi connectivity index (χ1) is 24.0. The number of nitrogens with zero attached hydrogens (tertiary/aromatic N) is 5. The van der Waals surface area contributed by atoms with Gasteiger partial charge in [0, 0.05) is 50.5 Å². The van der Waals surface area contributed by atoms with Crippen LogP contribution in [0.1, 0.15) is 69.4 Å². The molecule has 1 amide bonds. The Labute approximate surface area is 290 Å². The third-order valence-corrected chi connectivity index (χ3v) is 7.87. The van der Waals surface area contributed by atoms with Gasteiger partial charge in [-0.05, 0) is 38.6 Å². The molecule has 51 heavy (non-hydrogen) atoms. The van der Waals surface area contributed by atoms with Gasteiger partial charge >= 0.3 is 35.8 Å². The molecule has 3 unspecified atom stereocenters. The number of carboxylic acids is 6. The molecule has 0 radical (unpaired) electrons. The van der Waals surface area contributed by atoms with Crippen LogP contribution >= 0.6 is 0 Å². The van der Waals surface area contributed by atoms with Crippen LogP contribution < -0.4 is 5.32 Å². The largest absolute Gasteiger partial charge is 0.481 e. The van der Waals surface area contributed by atoms with Crippen molar-refractivity contribution in [3.05, 3.63) is 36.4 Å². The summed E-state index contributed by atoms with van der Waals surface area (Å²) in [6, 6.07) is -1.33. The molecular formula is C31H42N6O14. The SMILES string of the molecule is O=C(O)CCC(CC(=O)CC(CCC(=O)NC(CCCCN(Cc1nccn1CC(=O)O)Cc1nccn1CC(=O)O)C(=O)O)C(=O)O)C(=O)O. The van der Waals surface area contributed by atoms with Gasteiger partial charge in [0.1, 0.15) is 36.6 Å². The maximum Gasteiger partial charge on any atom is 0.326 e. The minimum absolute atomic E-state index is 0.00996. The third-order valence-electron chi connectivity index (χ3n) is 7.87. The molecule has 280 valence electrons. The van der Waals surface area contributed by atoms with Crippen molar-refractivity contribution >= 4 is 47.5 Å². The number of aliphatic carboxylic acids is 6. The molecule has 0 saturated carbocycles. The number of nitrogens with one attached hydrogen (secondary N) is 1. The Morgan fingerprint density at radius 3 is 1.57 bits per heavy atom. The Balaban J connectivity index is 1.97. The molecule has 0 aliphatic carbocycles. The lowest BCUT2D eigenvalue weighted by molar-refractivity contribution is -0.146. The number of carbonyl (C=O) groups excluding carboxylic acids is 2. The van der Waals surface area contributed by atoms with Gasteiger partial charge < -0.3 is 45.1 Å². The van der Waals surface area contributed by atoms with E-state index in [9.17, 15) is 63.9 Å². The molecule has 7 N–H and O–H groups in total. The summed E-state index contributed by atoms with van der Waals surface area (Å²) in [6.45, 7) is -0.0224. The van der Waals surface area contributed by atoms with Crippen molar-refractivity contribution in [1.82, 2.24) is 29.3 Å². The summed E-state index contributed by atoms with van der Waals surface area (Å²) in [6.07, 6.45) is 3.82. The standard InChI is InChI=1S/C31H42N6O14/c38-21(14-20(30(48)49)5-7-26(40)41)13-19(29(46)47)4-6-25(39)34-22(31(50)51)3-1-2-10-35(15-23-32-8-11-36(23)17-27(42)43)16-24-33-9-12-37(24)18-28(44)45/h8-9,11-12,19-20,22H,1-7,10,13-18H2,(H,34,39)(H,40,41)(H,42,43)(H,44,45)(H,46,47)(H,48,49)(H,50,51). The maximum atomic E-state index is 12.6. The molecule has 20 heteroatoms. The van der Waals surface area contributed by atoms with Crippen LogP contribution in [-0.2, 0) is 64.5 Å². The van der Waals surface area contributed by atoms with E-state index in [2.05, 4.69) is 15.3 Å². The van der Waals surface area contributed by atoms with Crippen LogP contribution in [0.2, 0.25) is 0 Å². The molecule has 0 fully saturated rings. The molecule has 2 rings (SSSR count). The zero-order valence-corrected chi connectivity index (χ0v) is 27.6. The highest BCUT2D eigenvalue weighted by molar-refractivity contribution is 5.88. The summed E-state index contributed by atoms with van der Waals surface area (Å²) in [5, 5.41) is 58.1. The molecule has 0 bridgehead atoms. The first kappa shape index (κ1) is 41.5. The van der Waals surface area contributed by atoms with Crippen LogP contribution in [0.4, 0.5) is 0 Å². The zero-order valence-electron chi connectivity index (χ0n) is 27.6. The summed E-state index contributed by atoms with van der Waals surface area (Å²) in [4.78, 5) is 104. The fraction of sp³-hybridized carbons (Fsp3) is 0.548. The number of imidazole rings is 2. The quantitative estimate of drug-likeness (QED) is 0.0613. The molecule has 0 aromatic carbocycles. The lowest BCUT2D eigenvalue weighted by atomic mass is 9.90. The van der Waals surface area contributed by atoms with Gasteiger partial charge in [-0.1, -0.05) is 0 Å². The first-order valence-corrected chi connectivity index (χ1v) is 15.9. The minimum atomic E-state index is -1.41. The number of hydrogen-bond donors (Lipinski definition) is 7. The average molecular weight is 723 g/mol. The Hall–Kier alpha value is -5.66. The van der Waals surface area contributed by atoms with Gasteiger partial charge in [-0.15, -0.1) is 0 Å². The molecule has 0 saturated heterocycles. The van der Waals surface area contributed by atoms with Gasteiger partial charge in [0.25, 0.3) is 0 Å². The predicted octanol–water partition coefficient (Wildman–Crippen LogP) is 0.387. The third kappa shape index (κ3) is 15.6. The second kappa shape index (κ2) is 20.8. The molecule has 2 aromatic heterocycles. The van der Waals surface area contributed by atoms with Crippen LogP contribution in [0.25, 0.3) is 0 Å². The Morgan fingerprint density at radius 2 is 1.14 bits per heavy atom. The Bertz CT molecular complexity index is 1500. The van der Waals surface area contributed by atoms with E-state index in [4.69, 9.17) is 5.11 Å². The van der Waals surface area contributed by atoms with Gasteiger partial charge in [0.05, 0.1) is 24.9 Å². The molecule has 2 heterocycles. The lowest BCUT2D eigenvalue weighted by Gasteiger charge is -2.23. The number of amides is 1. The second-order valence-corrected chi connectivity index (χ2v) is 11.9. The number of aromatic nitrogens is 4. The summed E-state index contributed by atoms with van der Waals surface area (Å²) >= 11 is 0. The van der Waals surface area contributed by atoms with Crippen LogP contribution in [0, 0.1) is 11.8 Å². The molecule has 3 atom stereocenters. The molecule has 0 aliphatic heterocycles. The molecule has 0 aliphatic rings. The van der Waals surface area contributed by atoms with E-state index < -0.39 is 91.1 Å². The summed E-state index contributed by atoms with van der Waals surface area (Å²) in [5.41, 5.74) is 0. The van der Waals surface area contributed by atoms with Crippen LogP contribution in [-0.4, -0.2) is 115 Å². The molecule has 0 spiro atoms. The topological polar surface area (TPSA) is 309 Å². The van der Waals surface area contributed by atoms with Crippen LogP contribution in [0.15, 0.2) is 24.8 Å². The van der Waals surface area contributed by atoms with Crippen LogP contribution in [0.3, 0.4) is 0 Å². The summed E-state index contributed by atoms with van der Waals surface area (Å²) in [7, 11) is 0. The van der Waals surface area contributed by atoms with Crippen LogP contribution in [0.5, 0.6) is 0 Å². The Kier molecular flexibility index (Phi) is 16.9. The fourth-order valence-electron chi connectivity index (χ4n) is 5.25. The van der Waals surface area contributed by atoms with E-state index in [1.165, 1.54) is 33.9 Å². The number of unbranched alkanes of at least 4 members (excludes halogenated alkanes) is 1. The van der Waals surface area contributed by atoms with Gasteiger partial charge in [0.15, 0.2) is 0 Å². The van der Waals surface area contributed by atoms with E-state index in [1.54, 1.807) is 0 Å². The van der Waals surface area contributed by atoms with Crippen molar-refractivity contribution in [3.8, 4) is 0 Å². The zero-order chi connectivity index (χ0) is 38.1. The summed E-state index contributed by atoms with van der Waals surface area (Å²) in [5.74, 6) is -10.9. The molecule has 20 nitrogen and oxygen atoms in total. The highest BCUT2D eigenvalue weighted by Crippen LogP contribution is 2.19. The molecular weight excluding hydrogens is 680 g/mol. The Morgan fingerprint density at radius 1 is 0.647 bits per heavy atom. The van der Waals surface area contributed by atoms with Gasteiger partial charge in [-0.2, -0.15) is 0 Å². The smallest absolute Gasteiger partial charge is 0.326 e.